The van der Waals surface area contributed by atoms with E-state index in [4.69, 9.17) is 5.73 Å². The molecule has 1 aromatic carbocycles. The van der Waals surface area contributed by atoms with Gasteiger partial charge in [0.25, 0.3) is 0 Å². The van der Waals surface area contributed by atoms with E-state index in [9.17, 15) is 4.79 Å². The number of halogens is 1. The number of hydrogen-bond donors (Lipinski definition) is 1. The molecule has 0 spiro atoms. The number of benzene rings is 1. The van der Waals surface area contributed by atoms with Crippen LogP contribution in [0.25, 0.3) is 0 Å². The third-order valence-corrected chi connectivity index (χ3v) is 3.25. The lowest BCUT2D eigenvalue weighted by atomic mass is 10.0. The Morgan fingerprint density at radius 3 is 2.67 bits per heavy atom. The van der Waals surface area contributed by atoms with E-state index in [1.54, 1.807) is 24.1 Å². The highest BCUT2D eigenvalue weighted by Crippen LogP contribution is 2.15. The van der Waals surface area contributed by atoms with Gasteiger partial charge in [0, 0.05) is 29.7 Å². The quantitative estimate of drug-likeness (QED) is 0.939. The molecule has 0 bridgehead atoms. The Morgan fingerprint density at radius 2 is 2.11 bits per heavy atom. The molecule has 18 heavy (non-hydrogen) atoms. The molecule has 1 unspecified atom stereocenters. The van der Waals surface area contributed by atoms with E-state index >= 15 is 0 Å². The van der Waals surface area contributed by atoms with E-state index in [0.717, 1.165) is 15.6 Å². The minimum absolute atomic E-state index is 0.00896. The van der Waals surface area contributed by atoms with Gasteiger partial charge in [0.1, 0.15) is 0 Å². The van der Waals surface area contributed by atoms with Crippen LogP contribution in [0.4, 0.5) is 0 Å². The molecule has 2 rings (SSSR count). The first-order chi connectivity index (χ1) is 8.56. The smallest absolute Gasteiger partial charge is 0.158 e. The summed E-state index contributed by atoms with van der Waals surface area (Å²) >= 11 is 3.36. The van der Waals surface area contributed by atoms with Crippen LogP contribution in [0, 0.1) is 0 Å². The van der Waals surface area contributed by atoms with E-state index < -0.39 is 6.04 Å². The number of aryl methyl sites for hydroxylation is 1. The lowest BCUT2D eigenvalue weighted by molar-refractivity contribution is -0.119. The minimum Gasteiger partial charge on any atom is -0.318 e. The predicted molar refractivity (Wildman–Crippen MR) is 73.0 cm³/mol. The Bertz CT molecular complexity index is 548. The Kier molecular flexibility index (Phi) is 3.93. The van der Waals surface area contributed by atoms with Crippen LogP contribution in [-0.4, -0.2) is 15.6 Å². The highest BCUT2D eigenvalue weighted by atomic mass is 79.9. The molecule has 0 aliphatic rings. The van der Waals surface area contributed by atoms with Gasteiger partial charge in [-0.25, -0.2) is 0 Å². The van der Waals surface area contributed by atoms with Crippen molar-refractivity contribution in [2.75, 3.05) is 0 Å². The third kappa shape index (κ3) is 3.05. The maximum atomic E-state index is 12.0. The molecule has 0 saturated heterocycles. The molecule has 4 nitrogen and oxygen atoms in total. The van der Waals surface area contributed by atoms with Crippen molar-refractivity contribution in [3.8, 4) is 0 Å². The second-order valence-corrected chi connectivity index (χ2v) is 5.11. The zero-order valence-corrected chi connectivity index (χ0v) is 11.6. The monoisotopic (exact) mass is 307 g/mol. The van der Waals surface area contributed by atoms with E-state index in [2.05, 4.69) is 21.0 Å². The first-order valence-electron chi connectivity index (χ1n) is 5.57. The Morgan fingerprint density at radius 1 is 1.44 bits per heavy atom. The summed E-state index contributed by atoms with van der Waals surface area (Å²) in [5.41, 5.74) is 7.63. The SMILES string of the molecule is Cn1cc(C(N)C(=O)Cc2ccc(Br)cc2)cn1. The second-order valence-electron chi connectivity index (χ2n) is 4.19. The van der Waals surface area contributed by atoms with Crippen molar-refractivity contribution in [2.24, 2.45) is 12.8 Å². The van der Waals surface area contributed by atoms with E-state index in [1.165, 1.54) is 0 Å². The number of nitrogens with two attached hydrogens (primary N) is 1. The minimum atomic E-state index is -0.609. The van der Waals surface area contributed by atoms with Crippen molar-refractivity contribution < 1.29 is 4.79 Å². The van der Waals surface area contributed by atoms with Gasteiger partial charge in [-0.05, 0) is 17.7 Å². The molecule has 0 saturated carbocycles. The lowest BCUT2D eigenvalue weighted by Crippen LogP contribution is -2.22. The Balaban J connectivity index is 2.05. The summed E-state index contributed by atoms with van der Waals surface area (Å²) in [6.45, 7) is 0. The molecular formula is C13H14BrN3O. The molecule has 1 heterocycles. The first kappa shape index (κ1) is 13.0. The number of aromatic nitrogens is 2. The molecule has 0 fully saturated rings. The molecular weight excluding hydrogens is 294 g/mol. The highest BCUT2D eigenvalue weighted by Gasteiger charge is 2.17. The topological polar surface area (TPSA) is 60.9 Å². The van der Waals surface area contributed by atoms with Crippen LogP contribution < -0.4 is 5.73 Å². The van der Waals surface area contributed by atoms with Crippen molar-refractivity contribution in [2.45, 2.75) is 12.5 Å². The van der Waals surface area contributed by atoms with Crippen LogP contribution >= 0.6 is 15.9 Å². The van der Waals surface area contributed by atoms with Crippen molar-refractivity contribution in [3.05, 3.63) is 52.3 Å². The molecule has 1 atom stereocenters. The van der Waals surface area contributed by atoms with Gasteiger partial charge in [0.2, 0.25) is 0 Å². The zero-order valence-electron chi connectivity index (χ0n) is 10.0. The maximum Gasteiger partial charge on any atom is 0.158 e. The first-order valence-corrected chi connectivity index (χ1v) is 6.37. The fraction of sp³-hybridized carbons (Fsp3) is 0.231. The summed E-state index contributed by atoms with van der Waals surface area (Å²) in [5, 5.41) is 4.02. The fourth-order valence-corrected chi connectivity index (χ4v) is 1.96. The van der Waals surface area contributed by atoms with Crippen LogP contribution in [0.15, 0.2) is 41.1 Å². The van der Waals surface area contributed by atoms with Gasteiger partial charge < -0.3 is 5.73 Å². The van der Waals surface area contributed by atoms with Crippen molar-refractivity contribution in [1.82, 2.24) is 9.78 Å². The summed E-state index contributed by atoms with van der Waals surface area (Å²) in [4.78, 5) is 12.0. The van der Waals surface area contributed by atoms with Gasteiger partial charge in [0.15, 0.2) is 5.78 Å². The number of nitrogens with zero attached hydrogens (tertiary/aromatic N) is 2. The predicted octanol–water partition coefficient (Wildman–Crippen LogP) is 1.99. The number of hydrogen-bond acceptors (Lipinski definition) is 3. The molecule has 0 aliphatic carbocycles. The van der Waals surface area contributed by atoms with Gasteiger partial charge in [-0.3, -0.25) is 9.48 Å². The average molecular weight is 308 g/mol. The van der Waals surface area contributed by atoms with Crippen LogP contribution in [0.1, 0.15) is 17.2 Å². The molecule has 2 N–H and O–H groups in total. The normalized spacial score (nSPS) is 12.4. The van der Waals surface area contributed by atoms with Crippen LogP contribution in [0.5, 0.6) is 0 Å². The summed E-state index contributed by atoms with van der Waals surface area (Å²) in [6, 6.07) is 7.05. The maximum absolute atomic E-state index is 12.0. The number of rotatable bonds is 4. The Hall–Kier alpha value is -1.46. The van der Waals surface area contributed by atoms with Crippen molar-refractivity contribution in [1.29, 1.82) is 0 Å². The molecule has 0 radical (unpaired) electrons. The van der Waals surface area contributed by atoms with Gasteiger partial charge in [0.05, 0.1) is 12.2 Å². The molecule has 2 aromatic rings. The highest BCUT2D eigenvalue weighted by molar-refractivity contribution is 9.10. The summed E-state index contributed by atoms with van der Waals surface area (Å²) in [7, 11) is 1.80. The van der Waals surface area contributed by atoms with E-state index in [1.807, 2.05) is 24.3 Å². The van der Waals surface area contributed by atoms with E-state index in [0.29, 0.717) is 6.42 Å². The van der Waals surface area contributed by atoms with Crippen LogP contribution in [-0.2, 0) is 18.3 Å². The molecule has 0 aliphatic heterocycles. The van der Waals surface area contributed by atoms with Crippen molar-refractivity contribution in [3.63, 3.8) is 0 Å². The average Bonchev–Trinajstić information content (AvgIpc) is 2.78. The van der Waals surface area contributed by atoms with Gasteiger partial charge >= 0.3 is 0 Å². The van der Waals surface area contributed by atoms with Gasteiger partial charge in [-0.1, -0.05) is 28.1 Å². The van der Waals surface area contributed by atoms with Crippen molar-refractivity contribution >= 4 is 21.7 Å². The standard InChI is InChI=1S/C13H14BrN3O/c1-17-8-10(7-16-17)13(15)12(18)6-9-2-4-11(14)5-3-9/h2-5,7-8,13H,6,15H2,1H3. The lowest BCUT2D eigenvalue weighted by Gasteiger charge is -2.08. The largest absolute Gasteiger partial charge is 0.318 e. The van der Waals surface area contributed by atoms with Crippen LogP contribution in [0.2, 0.25) is 0 Å². The number of carbonyl (C=O) groups excluding carboxylic acids is 1. The van der Waals surface area contributed by atoms with Gasteiger partial charge in [-0.15, -0.1) is 0 Å². The second kappa shape index (κ2) is 5.46. The number of carbonyl (C=O) groups is 1. The third-order valence-electron chi connectivity index (χ3n) is 2.72. The molecule has 0 amide bonds. The van der Waals surface area contributed by atoms with Crippen LogP contribution in [0.3, 0.4) is 0 Å². The zero-order chi connectivity index (χ0) is 13.1. The number of Topliss-reactive ketones (excluding diaryl/α,β-unsaturated/α-hetero) is 1. The molecule has 94 valence electrons. The molecule has 5 heteroatoms. The molecule has 1 aromatic heterocycles. The number of ketones is 1. The summed E-state index contributed by atoms with van der Waals surface area (Å²) in [6.07, 6.45) is 3.73. The summed E-state index contributed by atoms with van der Waals surface area (Å²) in [5.74, 6) is -0.00896. The fourth-order valence-electron chi connectivity index (χ4n) is 1.70. The van der Waals surface area contributed by atoms with E-state index in [-0.39, 0.29) is 5.78 Å². The Labute approximate surface area is 114 Å². The summed E-state index contributed by atoms with van der Waals surface area (Å²) < 4.78 is 2.64. The van der Waals surface area contributed by atoms with Gasteiger partial charge in [-0.2, -0.15) is 5.10 Å².